The lowest BCUT2D eigenvalue weighted by Crippen LogP contribution is -2.08. The minimum atomic E-state index is -0.744. The Balaban J connectivity index is 2.38. The summed E-state index contributed by atoms with van der Waals surface area (Å²) in [6.07, 6.45) is 0. The van der Waals surface area contributed by atoms with Gasteiger partial charge in [-0.25, -0.2) is 4.79 Å². The Morgan fingerprint density at radius 1 is 1.13 bits per heavy atom. The van der Waals surface area contributed by atoms with Crippen LogP contribution in [0.4, 0.5) is 5.69 Å². The highest BCUT2D eigenvalue weighted by molar-refractivity contribution is 6.30. The molecule has 0 heterocycles. The second kappa shape index (κ2) is 8.10. The van der Waals surface area contributed by atoms with Crippen molar-refractivity contribution in [3.8, 4) is 0 Å². The Morgan fingerprint density at radius 2 is 1.78 bits per heavy atom. The van der Waals surface area contributed by atoms with Crippen LogP contribution in [0.5, 0.6) is 0 Å². The number of hydrogen-bond acceptors (Lipinski definition) is 5. The molecule has 2 aromatic rings. The van der Waals surface area contributed by atoms with E-state index >= 15 is 0 Å². The van der Waals surface area contributed by atoms with Gasteiger partial charge in [0, 0.05) is 10.6 Å². The summed E-state index contributed by atoms with van der Waals surface area (Å²) in [6.45, 7) is 1.84. The Bertz CT molecular complexity index is 725. The number of carbonyl (C=O) groups excluding carboxylic acids is 1. The lowest BCUT2D eigenvalue weighted by atomic mass is 10.1. The van der Waals surface area contributed by atoms with Gasteiger partial charge in [-0.15, -0.1) is 5.11 Å². The molecule has 6 heteroatoms. The molecule has 5 nitrogen and oxygen atoms in total. The predicted molar refractivity (Wildman–Crippen MR) is 88.6 cm³/mol. The van der Waals surface area contributed by atoms with Gasteiger partial charge in [-0.3, -0.25) is 0 Å². The molecule has 0 bridgehead atoms. The number of ether oxygens (including phenoxy) is 1. The van der Waals surface area contributed by atoms with Crippen molar-refractivity contribution in [3.05, 3.63) is 70.9 Å². The van der Waals surface area contributed by atoms with E-state index in [2.05, 4.69) is 10.2 Å². The highest BCUT2D eigenvalue weighted by atomic mass is 35.5. The van der Waals surface area contributed by atoms with Gasteiger partial charge in [-0.1, -0.05) is 41.9 Å². The normalized spacial score (nSPS) is 12.1. The van der Waals surface area contributed by atoms with Gasteiger partial charge in [0.25, 0.3) is 0 Å². The van der Waals surface area contributed by atoms with Crippen molar-refractivity contribution in [2.45, 2.75) is 6.92 Å². The first-order valence-corrected chi connectivity index (χ1v) is 7.32. The Hall–Kier alpha value is -2.66. The molecule has 0 radical (unpaired) electrons. The Labute approximate surface area is 138 Å². The number of aliphatic hydroxyl groups is 1. The van der Waals surface area contributed by atoms with Crippen LogP contribution in [0.3, 0.4) is 0 Å². The van der Waals surface area contributed by atoms with E-state index in [9.17, 15) is 9.90 Å². The number of benzene rings is 2. The summed E-state index contributed by atoms with van der Waals surface area (Å²) in [6, 6.07) is 15.2. The molecule has 0 spiro atoms. The monoisotopic (exact) mass is 330 g/mol. The maximum atomic E-state index is 12.0. The van der Waals surface area contributed by atoms with E-state index in [0.717, 1.165) is 0 Å². The van der Waals surface area contributed by atoms with Crippen molar-refractivity contribution in [2.75, 3.05) is 6.61 Å². The minimum absolute atomic E-state index is 0.168. The molecule has 0 saturated heterocycles. The van der Waals surface area contributed by atoms with Crippen LogP contribution in [0.2, 0.25) is 5.02 Å². The van der Waals surface area contributed by atoms with Crippen LogP contribution < -0.4 is 0 Å². The summed E-state index contributed by atoms with van der Waals surface area (Å²) >= 11 is 5.80. The summed E-state index contributed by atoms with van der Waals surface area (Å²) < 4.78 is 4.92. The average Bonchev–Trinajstić information content (AvgIpc) is 2.57. The van der Waals surface area contributed by atoms with Gasteiger partial charge in [-0.05, 0) is 31.2 Å². The molecule has 0 atom stereocenters. The van der Waals surface area contributed by atoms with E-state index in [0.29, 0.717) is 16.3 Å². The zero-order chi connectivity index (χ0) is 16.7. The van der Waals surface area contributed by atoms with E-state index in [-0.39, 0.29) is 18.1 Å². The fraction of sp³-hybridized carbons (Fsp3) is 0.118. The molecule has 0 aliphatic carbocycles. The highest BCUT2D eigenvalue weighted by Gasteiger charge is 2.18. The van der Waals surface area contributed by atoms with Gasteiger partial charge in [0.2, 0.25) is 5.70 Å². The van der Waals surface area contributed by atoms with E-state index in [1.807, 2.05) is 0 Å². The number of halogens is 1. The summed E-state index contributed by atoms with van der Waals surface area (Å²) in [4.78, 5) is 12.0. The zero-order valence-corrected chi connectivity index (χ0v) is 13.2. The third kappa shape index (κ3) is 4.66. The van der Waals surface area contributed by atoms with Crippen LogP contribution in [-0.2, 0) is 9.53 Å². The molecule has 0 saturated carbocycles. The molecule has 0 aliphatic rings. The molecule has 2 aromatic carbocycles. The van der Waals surface area contributed by atoms with Crippen LogP contribution in [0.25, 0.3) is 5.76 Å². The van der Waals surface area contributed by atoms with Crippen LogP contribution >= 0.6 is 11.6 Å². The van der Waals surface area contributed by atoms with Gasteiger partial charge in [0.15, 0.2) is 5.76 Å². The molecule has 0 amide bonds. The topological polar surface area (TPSA) is 71.2 Å². The third-order valence-corrected chi connectivity index (χ3v) is 3.08. The highest BCUT2D eigenvalue weighted by Crippen LogP contribution is 2.22. The molecule has 0 aromatic heterocycles. The molecule has 1 N–H and O–H groups in total. The van der Waals surface area contributed by atoms with Crippen LogP contribution in [-0.4, -0.2) is 17.7 Å². The van der Waals surface area contributed by atoms with Gasteiger partial charge in [0.1, 0.15) is 0 Å². The number of rotatable bonds is 5. The molecule has 0 fully saturated rings. The lowest BCUT2D eigenvalue weighted by Gasteiger charge is -2.05. The molecule has 0 unspecified atom stereocenters. The van der Waals surface area contributed by atoms with E-state index in [1.54, 1.807) is 61.5 Å². The van der Waals surface area contributed by atoms with Crippen molar-refractivity contribution in [3.63, 3.8) is 0 Å². The maximum Gasteiger partial charge on any atom is 0.362 e. The van der Waals surface area contributed by atoms with Crippen molar-refractivity contribution >= 4 is 29.0 Å². The van der Waals surface area contributed by atoms with E-state index in [4.69, 9.17) is 16.3 Å². The quantitative estimate of drug-likeness (QED) is 0.366. The number of nitrogens with zero attached hydrogens (tertiary/aromatic N) is 2. The van der Waals surface area contributed by atoms with Crippen molar-refractivity contribution in [1.82, 2.24) is 0 Å². The van der Waals surface area contributed by atoms with Gasteiger partial charge in [-0.2, -0.15) is 5.11 Å². The second-order valence-electron chi connectivity index (χ2n) is 4.46. The number of esters is 1. The fourth-order valence-electron chi connectivity index (χ4n) is 1.73. The standard InChI is InChI=1S/C17H15ClN2O3/c1-2-23-17(22)15(16(21)12-6-4-3-5-7-12)20-19-14-10-8-13(18)9-11-14/h3-11,21H,2H2,1H3/b16-15+,20-19?. The van der Waals surface area contributed by atoms with Crippen molar-refractivity contribution in [2.24, 2.45) is 10.2 Å². The average molecular weight is 331 g/mol. The summed E-state index contributed by atoms with van der Waals surface area (Å²) in [5.41, 5.74) is 0.690. The minimum Gasteiger partial charge on any atom is -0.505 e. The van der Waals surface area contributed by atoms with Crippen molar-refractivity contribution in [1.29, 1.82) is 0 Å². The summed E-state index contributed by atoms with van der Waals surface area (Å²) in [5.74, 6) is -1.03. The van der Waals surface area contributed by atoms with E-state index in [1.165, 1.54) is 0 Å². The lowest BCUT2D eigenvalue weighted by molar-refractivity contribution is -0.138. The second-order valence-corrected chi connectivity index (χ2v) is 4.90. The SMILES string of the molecule is CCOC(=O)/C(N=Nc1ccc(Cl)cc1)=C(\O)c1ccccc1. The molecule has 118 valence electrons. The molecule has 2 rings (SSSR count). The van der Waals surface area contributed by atoms with Gasteiger partial charge in [0.05, 0.1) is 12.3 Å². The van der Waals surface area contributed by atoms with Gasteiger partial charge < -0.3 is 9.84 Å². The largest absolute Gasteiger partial charge is 0.505 e. The predicted octanol–water partition coefficient (Wildman–Crippen LogP) is 4.91. The molecule has 0 aliphatic heterocycles. The molecular weight excluding hydrogens is 316 g/mol. The first-order valence-electron chi connectivity index (χ1n) is 6.95. The maximum absolute atomic E-state index is 12.0. The first kappa shape index (κ1) is 16.7. The van der Waals surface area contributed by atoms with E-state index < -0.39 is 5.97 Å². The first-order chi connectivity index (χ1) is 11.1. The number of carbonyl (C=O) groups is 1. The smallest absolute Gasteiger partial charge is 0.362 e. The van der Waals surface area contributed by atoms with Gasteiger partial charge >= 0.3 is 5.97 Å². The van der Waals surface area contributed by atoms with Crippen LogP contribution in [0.15, 0.2) is 70.5 Å². The number of azo groups is 1. The van der Waals surface area contributed by atoms with Crippen LogP contribution in [0.1, 0.15) is 12.5 Å². The third-order valence-electron chi connectivity index (χ3n) is 2.83. The Kier molecular flexibility index (Phi) is 5.88. The molecule has 23 heavy (non-hydrogen) atoms. The van der Waals surface area contributed by atoms with Crippen LogP contribution in [0, 0.1) is 0 Å². The number of aliphatic hydroxyl groups excluding tert-OH is 1. The zero-order valence-electron chi connectivity index (χ0n) is 12.4. The Morgan fingerprint density at radius 3 is 2.39 bits per heavy atom. The van der Waals surface area contributed by atoms with Crippen molar-refractivity contribution < 1.29 is 14.6 Å². The summed E-state index contributed by atoms with van der Waals surface area (Å²) in [5, 5.41) is 18.7. The fourth-order valence-corrected chi connectivity index (χ4v) is 1.86. The number of hydrogen-bond donors (Lipinski definition) is 1. The summed E-state index contributed by atoms with van der Waals surface area (Å²) in [7, 11) is 0. The molecular formula is C17H15ClN2O3.